The fraction of sp³-hybridized carbons (Fsp3) is 0.188. The van der Waals surface area contributed by atoms with E-state index in [0.29, 0.717) is 15.9 Å². The molecule has 0 fully saturated rings. The molecular formula is C32H25Cl2F9NPPd. The second kappa shape index (κ2) is 17.7. The van der Waals surface area contributed by atoms with Crippen LogP contribution in [0.1, 0.15) is 22.3 Å². The van der Waals surface area contributed by atoms with E-state index in [1.54, 1.807) is 0 Å². The van der Waals surface area contributed by atoms with Crippen molar-refractivity contribution in [2.45, 2.75) is 18.5 Å². The summed E-state index contributed by atoms with van der Waals surface area (Å²) in [6.45, 7) is 0.733. The zero-order valence-corrected chi connectivity index (χ0v) is 27.9. The van der Waals surface area contributed by atoms with Gasteiger partial charge in [0.1, 0.15) is 0 Å². The molecule has 0 atom stereocenters. The van der Waals surface area contributed by atoms with Gasteiger partial charge in [0, 0.05) is 6.54 Å². The Kier molecular flexibility index (Phi) is 15.3. The summed E-state index contributed by atoms with van der Waals surface area (Å²) >= 11 is 8.20. The molecule has 0 unspecified atom stereocenters. The molecule has 46 heavy (non-hydrogen) atoms. The number of hydrogen-bond donors (Lipinski definition) is 0. The molecule has 1 nitrogen and oxygen atoms in total. The minimum absolute atomic E-state index is 0.350. The van der Waals surface area contributed by atoms with Crippen LogP contribution >= 0.6 is 29.1 Å². The van der Waals surface area contributed by atoms with Crippen molar-refractivity contribution in [1.82, 2.24) is 4.90 Å². The third-order valence-electron chi connectivity index (χ3n) is 5.87. The van der Waals surface area contributed by atoms with Gasteiger partial charge in [-0.3, -0.25) is 0 Å². The fourth-order valence-corrected chi connectivity index (χ4v) is 6.43. The normalized spacial score (nSPS) is 12.3. The van der Waals surface area contributed by atoms with Crippen molar-refractivity contribution in [2.24, 2.45) is 0 Å². The molecule has 0 bridgehead atoms. The van der Waals surface area contributed by atoms with E-state index < -0.39 is 43.1 Å². The van der Waals surface area contributed by atoms with E-state index in [2.05, 4.69) is 33.8 Å². The summed E-state index contributed by atoms with van der Waals surface area (Å²) in [4.78, 5) is 2.01. The second-order valence-corrected chi connectivity index (χ2v) is 12.3. The van der Waals surface area contributed by atoms with Crippen LogP contribution in [0.15, 0.2) is 108 Å². The van der Waals surface area contributed by atoms with E-state index in [4.69, 9.17) is 11.6 Å². The Bertz CT molecular complexity index is 1370. The summed E-state index contributed by atoms with van der Waals surface area (Å²) in [5.41, 5.74) is -1.71. The van der Waals surface area contributed by atoms with Gasteiger partial charge in [0.15, 0.2) is 0 Å². The number of benzene rings is 4. The SMILES string of the molecule is CN(C)CC(Cl)=[C-]c1ccccc1.FC(F)(F)c1ccc(P(c2ccc(C(F)(F)F)cc2)c2ccc(C(F)(F)F)cc2)cc1.[Cl][Pd+]. The Hall–Kier alpha value is -2.38. The Balaban J connectivity index is 0.000000410. The first-order valence-corrected chi connectivity index (χ1v) is 16.6. The molecule has 4 rings (SSSR count). The molecule has 0 heterocycles. The molecule has 0 N–H and O–H groups in total. The maximum absolute atomic E-state index is 12.9. The van der Waals surface area contributed by atoms with Gasteiger partial charge in [-0.25, -0.2) is 0 Å². The summed E-state index contributed by atoms with van der Waals surface area (Å²) < 4.78 is 116. The van der Waals surface area contributed by atoms with Crippen molar-refractivity contribution in [3.63, 3.8) is 0 Å². The Morgan fingerprint density at radius 1 is 0.587 bits per heavy atom. The third-order valence-corrected chi connectivity index (χ3v) is 8.52. The number of likely N-dealkylation sites (N-methyl/N-ethyl adjacent to an activating group) is 1. The number of halogens is 11. The van der Waals surface area contributed by atoms with Crippen molar-refractivity contribution < 1.29 is 57.7 Å². The van der Waals surface area contributed by atoms with Gasteiger partial charge in [-0.15, -0.1) is 23.7 Å². The van der Waals surface area contributed by atoms with Crippen LogP contribution < -0.4 is 15.9 Å². The predicted octanol–water partition coefficient (Wildman–Crippen LogP) is 9.71. The number of alkyl halides is 9. The Morgan fingerprint density at radius 2 is 0.891 bits per heavy atom. The first-order chi connectivity index (χ1) is 21.4. The van der Waals surface area contributed by atoms with Gasteiger partial charge in [0.05, 0.1) is 16.7 Å². The zero-order chi connectivity index (χ0) is 34.7. The van der Waals surface area contributed by atoms with Crippen molar-refractivity contribution in [1.29, 1.82) is 0 Å². The van der Waals surface area contributed by atoms with Crippen molar-refractivity contribution in [2.75, 3.05) is 20.6 Å². The summed E-state index contributed by atoms with van der Waals surface area (Å²) in [6.07, 6.45) is -10.6. The number of rotatable bonds is 6. The van der Waals surface area contributed by atoms with E-state index >= 15 is 0 Å². The van der Waals surface area contributed by atoms with E-state index in [1.165, 1.54) is 36.4 Å². The summed E-state index contributed by atoms with van der Waals surface area (Å²) in [6, 6.07) is 22.0. The van der Waals surface area contributed by atoms with Crippen LogP contribution in [0.25, 0.3) is 0 Å². The Labute approximate surface area is 282 Å². The summed E-state index contributed by atoms with van der Waals surface area (Å²) in [5.74, 6) is 0. The molecule has 0 amide bonds. The van der Waals surface area contributed by atoms with Gasteiger partial charge in [-0.1, -0.05) is 42.5 Å². The van der Waals surface area contributed by atoms with E-state index in [0.717, 1.165) is 53.5 Å². The molecule has 0 saturated carbocycles. The van der Waals surface area contributed by atoms with Gasteiger partial charge in [-0.05, 0) is 79.4 Å². The van der Waals surface area contributed by atoms with Gasteiger partial charge in [0.2, 0.25) is 0 Å². The molecule has 0 aliphatic heterocycles. The average molecular weight is 803 g/mol. The van der Waals surface area contributed by atoms with E-state index in [-0.39, 0.29) is 0 Å². The van der Waals surface area contributed by atoms with E-state index in [1.807, 2.05) is 49.3 Å². The summed E-state index contributed by atoms with van der Waals surface area (Å²) in [5, 5.41) is 1.78. The molecule has 14 heteroatoms. The van der Waals surface area contributed by atoms with Crippen LogP contribution in [-0.2, 0) is 36.7 Å². The van der Waals surface area contributed by atoms with Crippen LogP contribution in [0.4, 0.5) is 39.5 Å². The van der Waals surface area contributed by atoms with Gasteiger partial charge >= 0.3 is 46.2 Å². The van der Waals surface area contributed by atoms with Gasteiger partial charge in [-0.2, -0.15) is 63.3 Å². The van der Waals surface area contributed by atoms with Crippen molar-refractivity contribution >= 4 is 45.0 Å². The molecule has 0 saturated heterocycles. The molecule has 4 aromatic rings. The molecule has 0 aliphatic rings. The second-order valence-electron chi connectivity index (χ2n) is 9.60. The molecule has 4 aromatic carbocycles. The molecule has 0 aliphatic carbocycles. The van der Waals surface area contributed by atoms with Gasteiger partial charge < -0.3 is 4.90 Å². The molecule has 0 spiro atoms. The zero-order valence-electron chi connectivity index (χ0n) is 23.9. The average Bonchev–Trinajstić information content (AvgIpc) is 2.98. The molecule has 0 radical (unpaired) electrons. The molecular weight excluding hydrogens is 778 g/mol. The number of hydrogen-bond acceptors (Lipinski definition) is 1. The van der Waals surface area contributed by atoms with Crippen molar-refractivity contribution in [3.05, 3.63) is 136 Å². The fourth-order valence-electron chi connectivity index (χ4n) is 3.84. The van der Waals surface area contributed by atoms with Crippen LogP contribution in [-0.4, -0.2) is 25.5 Å². The molecule has 250 valence electrons. The first kappa shape index (κ1) is 39.8. The minimum atomic E-state index is -4.58. The number of nitrogens with zero attached hydrogens (tertiary/aromatic N) is 1. The quantitative estimate of drug-likeness (QED) is 0.0813. The topological polar surface area (TPSA) is 3.24 Å². The van der Waals surface area contributed by atoms with Crippen LogP contribution in [0.5, 0.6) is 0 Å². The molecule has 0 aromatic heterocycles. The van der Waals surface area contributed by atoms with Crippen LogP contribution in [0, 0.1) is 6.08 Å². The maximum atomic E-state index is 12.9. The third kappa shape index (κ3) is 12.7. The first-order valence-electron chi connectivity index (χ1n) is 12.9. The standard InChI is InChI=1S/C21H12F9P.C11H13ClN.ClH.Pd/c22-19(23,24)13-1-7-16(8-2-13)31(17-9-3-14(4-10-17)20(25,26)27)18-11-5-15(6-12-18)21(28,29)30;1-13(2)9-11(12)8-10-6-4-3-5-7-10;;/h1-12H;3-7H,9H2,1-2H3;1H;/q;-1;;+2/p-1. The Morgan fingerprint density at radius 3 is 1.15 bits per heavy atom. The van der Waals surface area contributed by atoms with Crippen LogP contribution in [0.3, 0.4) is 0 Å². The summed E-state index contributed by atoms with van der Waals surface area (Å²) in [7, 11) is 6.76. The predicted molar refractivity (Wildman–Crippen MR) is 163 cm³/mol. The van der Waals surface area contributed by atoms with Gasteiger partial charge in [0.25, 0.3) is 0 Å². The van der Waals surface area contributed by atoms with Crippen molar-refractivity contribution in [3.8, 4) is 0 Å². The monoisotopic (exact) mass is 801 g/mol. The van der Waals surface area contributed by atoms with Crippen LogP contribution in [0.2, 0.25) is 0 Å². The van der Waals surface area contributed by atoms with E-state index in [9.17, 15) is 39.5 Å².